The minimum absolute atomic E-state index is 0.556. The average Bonchev–Trinajstić information content (AvgIpc) is 2.49. The maximum Gasteiger partial charge on any atom is 0.219 e. The molecule has 1 heterocycles. The predicted molar refractivity (Wildman–Crippen MR) is 84.1 cm³/mol. The van der Waals surface area contributed by atoms with E-state index in [0.717, 1.165) is 30.0 Å². The smallest absolute Gasteiger partial charge is 0.219 e. The standard InChI is InChI=1S/C16H19ClN2O2/c1-12-3-5-14(17)9-15(12)21-16-6-4-13(11-19-16)10-18-7-8-20-2/h3-6,9,11,18H,7-8,10H2,1-2H3. The van der Waals surface area contributed by atoms with Crippen molar-refractivity contribution in [2.24, 2.45) is 0 Å². The van der Waals surface area contributed by atoms with Crippen molar-refractivity contribution < 1.29 is 9.47 Å². The second-order valence-corrected chi connectivity index (χ2v) is 5.12. The van der Waals surface area contributed by atoms with E-state index in [0.29, 0.717) is 17.5 Å². The molecule has 1 aromatic heterocycles. The van der Waals surface area contributed by atoms with Crippen molar-refractivity contribution in [1.29, 1.82) is 0 Å². The maximum atomic E-state index is 5.97. The molecule has 1 N–H and O–H groups in total. The summed E-state index contributed by atoms with van der Waals surface area (Å²) >= 11 is 5.97. The van der Waals surface area contributed by atoms with Gasteiger partial charge in [-0.05, 0) is 30.2 Å². The van der Waals surface area contributed by atoms with Gasteiger partial charge in [0, 0.05) is 37.5 Å². The number of hydrogen-bond donors (Lipinski definition) is 1. The third-order valence-corrected chi connectivity index (χ3v) is 3.21. The van der Waals surface area contributed by atoms with Crippen molar-refractivity contribution in [1.82, 2.24) is 10.3 Å². The zero-order valence-corrected chi connectivity index (χ0v) is 13.0. The molecular formula is C16H19ClN2O2. The van der Waals surface area contributed by atoms with Crippen molar-refractivity contribution >= 4 is 11.6 Å². The van der Waals surface area contributed by atoms with Crippen LogP contribution in [0.4, 0.5) is 0 Å². The molecule has 0 aliphatic heterocycles. The van der Waals surface area contributed by atoms with Crippen molar-refractivity contribution in [2.45, 2.75) is 13.5 Å². The SMILES string of the molecule is COCCNCc1ccc(Oc2cc(Cl)ccc2C)nc1. The Morgan fingerprint density at radius 3 is 2.81 bits per heavy atom. The topological polar surface area (TPSA) is 43.4 Å². The summed E-state index contributed by atoms with van der Waals surface area (Å²) in [6.45, 7) is 4.24. The van der Waals surface area contributed by atoms with E-state index in [9.17, 15) is 0 Å². The third kappa shape index (κ3) is 5.01. The van der Waals surface area contributed by atoms with E-state index in [1.807, 2.05) is 31.2 Å². The van der Waals surface area contributed by atoms with Crippen LogP contribution in [0.25, 0.3) is 0 Å². The Labute approximate surface area is 130 Å². The Morgan fingerprint density at radius 2 is 2.10 bits per heavy atom. The minimum atomic E-state index is 0.556. The van der Waals surface area contributed by atoms with Gasteiger partial charge in [0.15, 0.2) is 0 Å². The van der Waals surface area contributed by atoms with Gasteiger partial charge in [0.1, 0.15) is 5.75 Å². The number of aromatic nitrogens is 1. The molecule has 0 unspecified atom stereocenters. The summed E-state index contributed by atoms with van der Waals surface area (Å²) in [4.78, 5) is 4.31. The van der Waals surface area contributed by atoms with Crippen molar-refractivity contribution in [3.05, 3.63) is 52.7 Å². The highest BCUT2D eigenvalue weighted by Gasteiger charge is 2.04. The second-order valence-electron chi connectivity index (χ2n) is 4.69. The van der Waals surface area contributed by atoms with E-state index >= 15 is 0 Å². The zero-order valence-electron chi connectivity index (χ0n) is 12.2. The van der Waals surface area contributed by atoms with Crippen molar-refractivity contribution in [3.63, 3.8) is 0 Å². The fourth-order valence-electron chi connectivity index (χ4n) is 1.78. The molecule has 0 aliphatic carbocycles. The molecule has 5 heteroatoms. The molecule has 1 aromatic carbocycles. The van der Waals surface area contributed by atoms with Crippen molar-refractivity contribution in [3.8, 4) is 11.6 Å². The Hall–Kier alpha value is -1.62. The van der Waals surface area contributed by atoms with Crippen LogP contribution in [0.3, 0.4) is 0 Å². The summed E-state index contributed by atoms with van der Waals surface area (Å²) in [5.74, 6) is 1.28. The third-order valence-electron chi connectivity index (χ3n) is 2.97. The monoisotopic (exact) mass is 306 g/mol. The first-order valence-corrected chi connectivity index (χ1v) is 7.15. The summed E-state index contributed by atoms with van der Waals surface area (Å²) < 4.78 is 10.7. The molecule has 21 heavy (non-hydrogen) atoms. The van der Waals surface area contributed by atoms with Crippen molar-refractivity contribution in [2.75, 3.05) is 20.3 Å². The molecule has 4 nitrogen and oxygen atoms in total. The summed E-state index contributed by atoms with van der Waals surface area (Å²) in [6.07, 6.45) is 1.80. The lowest BCUT2D eigenvalue weighted by Crippen LogP contribution is -2.18. The number of nitrogens with one attached hydrogen (secondary N) is 1. The number of nitrogens with zero attached hydrogens (tertiary/aromatic N) is 1. The lowest BCUT2D eigenvalue weighted by molar-refractivity contribution is 0.199. The van der Waals surface area contributed by atoms with E-state index in [4.69, 9.17) is 21.1 Å². The fraction of sp³-hybridized carbons (Fsp3) is 0.312. The molecule has 0 bridgehead atoms. The van der Waals surface area contributed by atoms with Gasteiger partial charge in [0.05, 0.1) is 6.61 Å². The van der Waals surface area contributed by atoms with Gasteiger partial charge in [0.2, 0.25) is 5.88 Å². The zero-order chi connectivity index (χ0) is 15.1. The molecule has 0 amide bonds. The largest absolute Gasteiger partial charge is 0.439 e. The molecule has 2 rings (SSSR count). The summed E-state index contributed by atoms with van der Waals surface area (Å²) in [7, 11) is 1.69. The number of rotatable bonds is 7. The summed E-state index contributed by atoms with van der Waals surface area (Å²) in [5, 5.41) is 3.91. The van der Waals surface area contributed by atoms with Gasteiger partial charge in [0.25, 0.3) is 0 Å². The highest BCUT2D eigenvalue weighted by molar-refractivity contribution is 6.30. The van der Waals surface area contributed by atoms with E-state index in [-0.39, 0.29) is 0 Å². The Balaban J connectivity index is 1.94. The molecule has 0 spiro atoms. The van der Waals surface area contributed by atoms with Gasteiger partial charge < -0.3 is 14.8 Å². The Bertz CT molecular complexity index is 573. The molecule has 0 aliphatic rings. The van der Waals surface area contributed by atoms with Gasteiger partial charge >= 0.3 is 0 Å². The number of methoxy groups -OCH3 is 1. The normalized spacial score (nSPS) is 10.6. The Morgan fingerprint density at radius 1 is 1.24 bits per heavy atom. The lowest BCUT2D eigenvalue weighted by atomic mass is 10.2. The van der Waals surface area contributed by atoms with Gasteiger partial charge in [-0.3, -0.25) is 0 Å². The van der Waals surface area contributed by atoms with Crippen LogP contribution >= 0.6 is 11.6 Å². The van der Waals surface area contributed by atoms with Gasteiger partial charge in [-0.1, -0.05) is 23.7 Å². The van der Waals surface area contributed by atoms with E-state index in [1.165, 1.54) is 0 Å². The van der Waals surface area contributed by atoms with Gasteiger partial charge in [-0.25, -0.2) is 4.98 Å². The molecule has 0 fully saturated rings. The highest BCUT2D eigenvalue weighted by Crippen LogP contribution is 2.26. The number of benzene rings is 1. The van der Waals surface area contributed by atoms with Crippen LogP contribution in [-0.4, -0.2) is 25.2 Å². The average molecular weight is 307 g/mol. The molecule has 0 atom stereocenters. The molecule has 2 aromatic rings. The first-order valence-electron chi connectivity index (χ1n) is 6.77. The number of ether oxygens (including phenoxy) is 2. The van der Waals surface area contributed by atoms with Crippen LogP contribution in [0.2, 0.25) is 5.02 Å². The molecular weight excluding hydrogens is 288 g/mol. The minimum Gasteiger partial charge on any atom is -0.439 e. The molecule has 0 radical (unpaired) electrons. The number of aryl methyl sites for hydroxylation is 1. The van der Waals surface area contributed by atoms with Crippen LogP contribution in [0.1, 0.15) is 11.1 Å². The number of halogens is 1. The Kier molecular flexibility index (Phi) is 5.99. The van der Waals surface area contributed by atoms with Crippen LogP contribution in [0, 0.1) is 6.92 Å². The molecule has 112 valence electrons. The maximum absolute atomic E-state index is 5.97. The predicted octanol–water partition coefficient (Wildman–Crippen LogP) is 3.57. The quantitative estimate of drug-likeness (QED) is 0.794. The fourth-order valence-corrected chi connectivity index (χ4v) is 1.94. The van der Waals surface area contributed by atoms with Gasteiger partial charge in [-0.2, -0.15) is 0 Å². The number of hydrogen-bond acceptors (Lipinski definition) is 4. The first kappa shape index (κ1) is 15.8. The molecule has 0 saturated heterocycles. The van der Waals surface area contributed by atoms with Crippen LogP contribution < -0.4 is 10.1 Å². The van der Waals surface area contributed by atoms with E-state index in [1.54, 1.807) is 19.4 Å². The van der Waals surface area contributed by atoms with Gasteiger partial charge in [-0.15, -0.1) is 0 Å². The van der Waals surface area contributed by atoms with E-state index < -0.39 is 0 Å². The summed E-state index contributed by atoms with van der Waals surface area (Å²) in [5.41, 5.74) is 2.12. The number of pyridine rings is 1. The van der Waals surface area contributed by atoms with Crippen LogP contribution in [0.15, 0.2) is 36.5 Å². The second kappa shape index (κ2) is 7.98. The first-order chi connectivity index (χ1) is 10.2. The van der Waals surface area contributed by atoms with Crippen LogP contribution in [0.5, 0.6) is 11.6 Å². The van der Waals surface area contributed by atoms with E-state index in [2.05, 4.69) is 10.3 Å². The lowest BCUT2D eigenvalue weighted by Gasteiger charge is -2.09. The van der Waals surface area contributed by atoms with Crippen LogP contribution in [-0.2, 0) is 11.3 Å². The molecule has 0 saturated carbocycles. The summed E-state index contributed by atoms with van der Waals surface area (Å²) in [6, 6.07) is 9.40. The highest BCUT2D eigenvalue weighted by atomic mass is 35.5.